The van der Waals surface area contributed by atoms with E-state index < -0.39 is 0 Å². The minimum absolute atomic E-state index is 0.00389. The molecule has 1 atom stereocenters. The second-order valence-corrected chi connectivity index (χ2v) is 7.21. The van der Waals surface area contributed by atoms with Crippen molar-refractivity contribution in [2.45, 2.75) is 18.7 Å². The van der Waals surface area contributed by atoms with Gasteiger partial charge in [-0.3, -0.25) is 4.79 Å². The molecule has 1 amide bonds. The van der Waals surface area contributed by atoms with Crippen LogP contribution in [0.3, 0.4) is 0 Å². The number of hydrogen-bond acceptors (Lipinski definition) is 2. The summed E-state index contributed by atoms with van der Waals surface area (Å²) in [7, 11) is 0. The Hall–Kier alpha value is 0.130. The summed E-state index contributed by atoms with van der Waals surface area (Å²) in [5.41, 5.74) is 0. The van der Waals surface area contributed by atoms with Crippen molar-refractivity contribution in [3.63, 3.8) is 0 Å². The summed E-state index contributed by atoms with van der Waals surface area (Å²) in [6.45, 7) is 4.90. The van der Waals surface area contributed by atoms with Crippen LogP contribution in [0.2, 0.25) is 0 Å². The van der Waals surface area contributed by atoms with Gasteiger partial charge >= 0.3 is 0 Å². The molecule has 1 heterocycles. The van der Waals surface area contributed by atoms with Crippen LogP contribution in [0.1, 0.15) is 23.5 Å². The molecule has 1 unspecified atom stereocenters. The summed E-state index contributed by atoms with van der Waals surface area (Å²) >= 11 is 8.31. The van der Waals surface area contributed by atoms with Crippen LogP contribution in [0.5, 0.6) is 0 Å². The van der Waals surface area contributed by atoms with E-state index in [-0.39, 0.29) is 5.91 Å². The molecule has 0 aliphatic heterocycles. The third-order valence-electron chi connectivity index (χ3n) is 1.98. The van der Waals surface area contributed by atoms with E-state index in [0.717, 1.165) is 8.66 Å². The lowest BCUT2D eigenvalue weighted by atomic mass is 10.1. The minimum Gasteiger partial charge on any atom is -0.350 e. The highest BCUT2D eigenvalue weighted by molar-refractivity contribution is 9.11. The van der Waals surface area contributed by atoms with E-state index in [1.807, 2.05) is 12.1 Å². The molecule has 0 radical (unpaired) electrons. The van der Waals surface area contributed by atoms with Gasteiger partial charge in [-0.1, -0.05) is 29.8 Å². The molecule has 0 aliphatic rings. The molecule has 15 heavy (non-hydrogen) atoms. The first-order valence-electron chi connectivity index (χ1n) is 4.68. The van der Waals surface area contributed by atoms with E-state index in [1.165, 1.54) is 11.3 Å². The van der Waals surface area contributed by atoms with Crippen molar-refractivity contribution in [2.75, 3.05) is 6.54 Å². The topological polar surface area (TPSA) is 29.1 Å². The van der Waals surface area contributed by atoms with Gasteiger partial charge in [0.2, 0.25) is 0 Å². The number of nitrogens with one attached hydrogen (secondary N) is 1. The molecule has 1 aromatic rings. The number of alkyl halides is 1. The minimum atomic E-state index is -0.00389. The predicted octanol–water partition coefficient (Wildman–Crippen LogP) is 3.66. The van der Waals surface area contributed by atoms with Gasteiger partial charge in [-0.05, 0) is 34.0 Å². The maximum absolute atomic E-state index is 11.6. The number of rotatable bonds is 4. The lowest BCUT2D eigenvalue weighted by molar-refractivity contribution is 0.0957. The number of halogens is 2. The van der Waals surface area contributed by atoms with E-state index in [1.54, 1.807) is 0 Å². The van der Waals surface area contributed by atoms with Crippen molar-refractivity contribution in [1.82, 2.24) is 5.32 Å². The number of carbonyl (C=O) groups is 1. The first-order chi connectivity index (χ1) is 7.00. The largest absolute Gasteiger partial charge is 0.350 e. The summed E-state index contributed by atoms with van der Waals surface area (Å²) in [5.74, 6) is 0.510. The summed E-state index contributed by atoms with van der Waals surface area (Å²) in [4.78, 5) is 12.7. The number of amides is 1. The molecule has 84 valence electrons. The first-order valence-corrected chi connectivity index (χ1v) is 7.21. The Morgan fingerprint density at radius 2 is 2.20 bits per heavy atom. The highest BCUT2D eigenvalue weighted by Gasteiger charge is 2.12. The molecule has 1 rings (SSSR count). The van der Waals surface area contributed by atoms with E-state index in [4.69, 9.17) is 0 Å². The molecule has 0 saturated carbocycles. The Morgan fingerprint density at radius 1 is 1.53 bits per heavy atom. The zero-order valence-corrected chi connectivity index (χ0v) is 12.6. The average Bonchev–Trinajstić information content (AvgIpc) is 2.60. The fourth-order valence-corrected chi connectivity index (χ4v) is 2.41. The SMILES string of the molecule is CC(C)C(Br)CNC(=O)c1ccc(Br)s1. The van der Waals surface area contributed by atoms with Gasteiger partial charge < -0.3 is 5.32 Å². The Bertz CT molecular complexity index is 338. The molecule has 5 heteroatoms. The van der Waals surface area contributed by atoms with Gasteiger partial charge in [0.25, 0.3) is 5.91 Å². The second-order valence-electron chi connectivity index (χ2n) is 3.57. The number of thiophene rings is 1. The average molecular weight is 355 g/mol. The third-order valence-corrected chi connectivity index (χ3v) is 4.98. The maximum Gasteiger partial charge on any atom is 0.261 e. The van der Waals surface area contributed by atoms with Gasteiger partial charge in [0, 0.05) is 11.4 Å². The second kappa shape index (κ2) is 6.01. The zero-order valence-electron chi connectivity index (χ0n) is 8.59. The standard InChI is InChI=1S/C10H13Br2NOS/c1-6(2)7(11)5-13-10(14)8-3-4-9(12)15-8/h3-4,6-7H,5H2,1-2H3,(H,13,14). The van der Waals surface area contributed by atoms with Crippen LogP contribution in [-0.2, 0) is 0 Å². The lowest BCUT2D eigenvalue weighted by Crippen LogP contribution is -2.31. The van der Waals surface area contributed by atoms with Gasteiger partial charge in [0.1, 0.15) is 0 Å². The summed E-state index contributed by atoms with van der Waals surface area (Å²) < 4.78 is 0.979. The fraction of sp³-hybridized carbons (Fsp3) is 0.500. The van der Waals surface area contributed by atoms with Crippen LogP contribution in [0, 0.1) is 5.92 Å². The molecular weight excluding hydrogens is 342 g/mol. The smallest absolute Gasteiger partial charge is 0.261 e. The molecule has 2 nitrogen and oxygen atoms in total. The molecule has 0 fully saturated rings. The van der Waals surface area contributed by atoms with E-state index in [2.05, 4.69) is 51.0 Å². The third kappa shape index (κ3) is 4.25. The van der Waals surface area contributed by atoms with Crippen molar-refractivity contribution in [1.29, 1.82) is 0 Å². The van der Waals surface area contributed by atoms with Crippen LogP contribution in [0.4, 0.5) is 0 Å². The molecule has 0 bridgehead atoms. The van der Waals surface area contributed by atoms with Crippen molar-refractivity contribution >= 4 is 49.1 Å². The molecule has 0 aliphatic carbocycles. The zero-order chi connectivity index (χ0) is 11.4. The van der Waals surface area contributed by atoms with Crippen molar-refractivity contribution < 1.29 is 4.79 Å². The fourth-order valence-electron chi connectivity index (χ4n) is 0.949. The van der Waals surface area contributed by atoms with Crippen LogP contribution in [0.15, 0.2) is 15.9 Å². The molecule has 1 aromatic heterocycles. The van der Waals surface area contributed by atoms with Gasteiger partial charge in [-0.2, -0.15) is 0 Å². The van der Waals surface area contributed by atoms with Gasteiger partial charge in [0.05, 0.1) is 8.66 Å². The number of carbonyl (C=O) groups excluding carboxylic acids is 1. The first kappa shape index (κ1) is 13.2. The van der Waals surface area contributed by atoms with Crippen LogP contribution in [-0.4, -0.2) is 17.3 Å². The summed E-state index contributed by atoms with van der Waals surface area (Å²) in [6, 6.07) is 3.70. The highest BCUT2D eigenvalue weighted by Crippen LogP contribution is 2.22. The van der Waals surface area contributed by atoms with Gasteiger partial charge in [-0.25, -0.2) is 0 Å². The monoisotopic (exact) mass is 353 g/mol. The summed E-state index contributed by atoms with van der Waals surface area (Å²) in [6.07, 6.45) is 0. The van der Waals surface area contributed by atoms with Crippen molar-refractivity contribution in [3.8, 4) is 0 Å². The molecular formula is C10H13Br2NOS. The van der Waals surface area contributed by atoms with Crippen molar-refractivity contribution in [2.24, 2.45) is 5.92 Å². The van der Waals surface area contributed by atoms with E-state index in [9.17, 15) is 4.79 Å². The van der Waals surface area contributed by atoms with Crippen LogP contribution < -0.4 is 5.32 Å². The quantitative estimate of drug-likeness (QED) is 0.821. The van der Waals surface area contributed by atoms with Gasteiger partial charge in [0.15, 0.2) is 0 Å². The Balaban J connectivity index is 2.43. The van der Waals surface area contributed by atoms with E-state index >= 15 is 0 Å². The molecule has 0 saturated heterocycles. The Kier molecular flexibility index (Phi) is 5.29. The Labute approximate surface area is 111 Å². The lowest BCUT2D eigenvalue weighted by Gasteiger charge is -2.13. The Morgan fingerprint density at radius 3 is 2.67 bits per heavy atom. The molecule has 0 spiro atoms. The predicted molar refractivity (Wildman–Crippen MR) is 71.9 cm³/mol. The number of hydrogen-bond donors (Lipinski definition) is 1. The van der Waals surface area contributed by atoms with Crippen LogP contribution in [0.25, 0.3) is 0 Å². The maximum atomic E-state index is 11.6. The normalized spacial score (nSPS) is 12.9. The van der Waals surface area contributed by atoms with Gasteiger partial charge in [-0.15, -0.1) is 11.3 Å². The van der Waals surface area contributed by atoms with E-state index in [0.29, 0.717) is 17.3 Å². The van der Waals surface area contributed by atoms with Crippen molar-refractivity contribution in [3.05, 3.63) is 20.8 Å². The molecule has 1 N–H and O–H groups in total. The van der Waals surface area contributed by atoms with Crippen LogP contribution >= 0.6 is 43.2 Å². The molecule has 0 aromatic carbocycles. The highest BCUT2D eigenvalue weighted by atomic mass is 79.9. The summed E-state index contributed by atoms with van der Waals surface area (Å²) in [5, 5.41) is 2.90.